The number of hydrogen-bond acceptors (Lipinski definition) is 3. The minimum Gasteiger partial charge on any atom is -0.396 e. The van der Waals surface area contributed by atoms with E-state index in [1.165, 1.54) is 4.31 Å². The number of unbranched alkanes of at least 4 members (excludes halogenated alkanes) is 4. The van der Waals surface area contributed by atoms with Crippen LogP contribution in [-0.4, -0.2) is 44.6 Å². The summed E-state index contributed by atoms with van der Waals surface area (Å²) >= 11 is 0. The Labute approximate surface area is 105 Å². The Morgan fingerprint density at radius 1 is 1.12 bits per heavy atom. The molecule has 2 N–H and O–H groups in total. The Hall–Kier alpha value is -0.170. The van der Waals surface area contributed by atoms with Gasteiger partial charge in [-0.2, -0.15) is 12.7 Å². The Morgan fingerprint density at radius 2 is 1.76 bits per heavy atom. The Morgan fingerprint density at radius 3 is 2.35 bits per heavy atom. The van der Waals surface area contributed by atoms with E-state index in [9.17, 15) is 8.42 Å². The van der Waals surface area contributed by atoms with Gasteiger partial charge < -0.3 is 5.11 Å². The number of rotatable bonds is 11. The van der Waals surface area contributed by atoms with E-state index in [1.54, 1.807) is 7.05 Å². The largest absolute Gasteiger partial charge is 0.396 e. The summed E-state index contributed by atoms with van der Waals surface area (Å²) in [6, 6.07) is 0. The quantitative estimate of drug-likeness (QED) is 0.550. The Kier molecular flexibility index (Phi) is 9.72. The highest BCUT2D eigenvalue weighted by Gasteiger charge is 2.15. The fourth-order valence-electron chi connectivity index (χ4n) is 1.40. The van der Waals surface area contributed by atoms with Crippen LogP contribution in [0.5, 0.6) is 0 Å². The maximum Gasteiger partial charge on any atom is 0.279 e. The standard InChI is InChI=1S/C11H26N2O3S/c1-3-4-10-13(2)17(15,16)12-9-7-5-6-8-11-14/h12,14H,3-11H2,1-2H3. The third-order valence-corrected chi connectivity index (χ3v) is 4.18. The molecular formula is C11H26N2O3S. The van der Waals surface area contributed by atoms with Crippen LogP contribution < -0.4 is 4.72 Å². The van der Waals surface area contributed by atoms with Crippen LogP contribution in [0.3, 0.4) is 0 Å². The van der Waals surface area contributed by atoms with Crippen molar-refractivity contribution in [1.82, 2.24) is 9.03 Å². The number of aliphatic hydroxyl groups is 1. The summed E-state index contributed by atoms with van der Waals surface area (Å²) in [6.45, 7) is 3.29. The predicted octanol–water partition coefficient (Wildman–Crippen LogP) is 1.11. The van der Waals surface area contributed by atoms with Crippen LogP contribution in [-0.2, 0) is 10.2 Å². The Bertz CT molecular complexity index is 268. The van der Waals surface area contributed by atoms with Crippen molar-refractivity contribution in [3.8, 4) is 0 Å². The molecule has 0 saturated heterocycles. The fraction of sp³-hybridized carbons (Fsp3) is 1.00. The van der Waals surface area contributed by atoms with Gasteiger partial charge in [0.2, 0.25) is 0 Å². The fourth-order valence-corrected chi connectivity index (χ4v) is 2.39. The third kappa shape index (κ3) is 8.54. The van der Waals surface area contributed by atoms with E-state index in [0.29, 0.717) is 13.1 Å². The molecule has 0 fully saturated rings. The molecule has 0 aromatic heterocycles. The van der Waals surface area contributed by atoms with Gasteiger partial charge >= 0.3 is 0 Å². The molecule has 5 nitrogen and oxygen atoms in total. The molecule has 17 heavy (non-hydrogen) atoms. The number of nitrogens with zero attached hydrogens (tertiary/aromatic N) is 1. The molecule has 0 spiro atoms. The van der Waals surface area contributed by atoms with Crippen LogP contribution in [0.4, 0.5) is 0 Å². The first kappa shape index (κ1) is 16.8. The van der Waals surface area contributed by atoms with E-state index in [2.05, 4.69) is 4.72 Å². The second-order valence-corrected chi connectivity index (χ2v) is 6.07. The molecule has 0 unspecified atom stereocenters. The summed E-state index contributed by atoms with van der Waals surface area (Å²) in [5, 5.41) is 8.59. The van der Waals surface area contributed by atoms with Gasteiger partial charge in [0.1, 0.15) is 0 Å². The van der Waals surface area contributed by atoms with Gasteiger partial charge in [-0.3, -0.25) is 0 Å². The molecule has 104 valence electrons. The van der Waals surface area contributed by atoms with E-state index in [1.807, 2.05) is 6.92 Å². The molecule has 0 bridgehead atoms. The maximum absolute atomic E-state index is 11.7. The van der Waals surface area contributed by atoms with Gasteiger partial charge in [-0.1, -0.05) is 26.2 Å². The minimum absolute atomic E-state index is 0.214. The number of nitrogens with one attached hydrogen (secondary N) is 1. The second kappa shape index (κ2) is 9.82. The highest BCUT2D eigenvalue weighted by molar-refractivity contribution is 7.87. The van der Waals surface area contributed by atoms with Crippen LogP contribution in [0.2, 0.25) is 0 Å². The predicted molar refractivity (Wildman–Crippen MR) is 70.0 cm³/mol. The molecule has 0 rings (SSSR count). The second-order valence-electron chi connectivity index (χ2n) is 4.21. The lowest BCUT2D eigenvalue weighted by Crippen LogP contribution is -2.39. The summed E-state index contributed by atoms with van der Waals surface area (Å²) in [5.41, 5.74) is 0. The average molecular weight is 266 g/mol. The molecule has 0 amide bonds. The maximum atomic E-state index is 11.7. The van der Waals surface area contributed by atoms with Crippen molar-refractivity contribution in [1.29, 1.82) is 0 Å². The first-order valence-corrected chi connectivity index (χ1v) is 7.80. The molecule has 0 saturated carbocycles. The third-order valence-electron chi connectivity index (χ3n) is 2.61. The van der Waals surface area contributed by atoms with Gasteiger partial charge in [-0.05, 0) is 19.3 Å². The summed E-state index contributed by atoms with van der Waals surface area (Å²) in [5.74, 6) is 0. The van der Waals surface area contributed by atoms with E-state index < -0.39 is 10.2 Å². The monoisotopic (exact) mass is 266 g/mol. The van der Waals surface area contributed by atoms with Crippen LogP contribution in [0.15, 0.2) is 0 Å². The molecule has 0 aliphatic carbocycles. The van der Waals surface area contributed by atoms with Crippen molar-refractivity contribution in [3.63, 3.8) is 0 Å². The zero-order valence-electron chi connectivity index (χ0n) is 11.0. The summed E-state index contributed by atoms with van der Waals surface area (Å²) in [7, 11) is -1.69. The molecule has 0 atom stereocenters. The Balaban J connectivity index is 3.70. The molecule has 6 heteroatoms. The van der Waals surface area contributed by atoms with E-state index in [-0.39, 0.29) is 6.61 Å². The highest BCUT2D eigenvalue weighted by Crippen LogP contribution is 2.01. The van der Waals surface area contributed by atoms with Gasteiger partial charge in [-0.25, -0.2) is 4.72 Å². The molecule has 0 heterocycles. The molecule has 0 aromatic carbocycles. The van der Waals surface area contributed by atoms with Crippen molar-refractivity contribution in [2.75, 3.05) is 26.7 Å². The van der Waals surface area contributed by atoms with E-state index >= 15 is 0 Å². The van der Waals surface area contributed by atoms with Crippen molar-refractivity contribution < 1.29 is 13.5 Å². The average Bonchev–Trinajstić information content (AvgIpc) is 2.30. The first-order valence-electron chi connectivity index (χ1n) is 6.36. The number of hydrogen-bond donors (Lipinski definition) is 2. The molecular weight excluding hydrogens is 240 g/mol. The van der Waals surface area contributed by atoms with Crippen LogP contribution in [0.25, 0.3) is 0 Å². The summed E-state index contributed by atoms with van der Waals surface area (Å²) < 4.78 is 27.3. The summed E-state index contributed by atoms with van der Waals surface area (Å²) in [4.78, 5) is 0. The zero-order valence-corrected chi connectivity index (χ0v) is 11.8. The van der Waals surface area contributed by atoms with Crippen molar-refractivity contribution in [2.24, 2.45) is 0 Å². The lowest BCUT2D eigenvalue weighted by molar-refractivity contribution is 0.282. The number of aliphatic hydroxyl groups excluding tert-OH is 1. The highest BCUT2D eigenvalue weighted by atomic mass is 32.2. The van der Waals surface area contributed by atoms with Gasteiger partial charge in [-0.15, -0.1) is 0 Å². The molecule has 0 aromatic rings. The molecule has 0 aliphatic rings. The van der Waals surface area contributed by atoms with Crippen molar-refractivity contribution >= 4 is 10.2 Å². The first-order chi connectivity index (χ1) is 8.04. The minimum atomic E-state index is -3.29. The lowest BCUT2D eigenvalue weighted by Gasteiger charge is -2.17. The zero-order chi connectivity index (χ0) is 13.1. The van der Waals surface area contributed by atoms with Crippen molar-refractivity contribution in [2.45, 2.75) is 45.4 Å². The normalized spacial score (nSPS) is 12.2. The van der Waals surface area contributed by atoms with Gasteiger partial charge in [0, 0.05) is 26.7 Å². The molecule has 0 radical (unpaired) electrons. The van der Waals surface area contributed by atoms with Gasteiger partial charge in [0.25, 0.3) is 10.2 Å². The molecule has 0 aliphatic heterocycles. The van der Waals surface area contributed by atoms with Crippen LogP contribution in [0, 0.1) is 0 Å². The van der Waals surface area contributed by atoms with Crippen LogP contribution in [0.1, 0.15) is 45.4 Å². The topological polar surface area (TPSA) is 69.6 Å². The van der Waals surface area contributed by atoms with E-state index in [4.69, 9.17) is 5.11 Å². The van der Waals surface area contributed by atoms with Gasteiger partial charge in [0.05, 0.1) is 0 Å². The lowest BCUT2D eigenvalue weighted by atomic mass is 10.2. The van der Waals surface area contributed by atoms with Gasteiger partial charge in [0.15, 0.2) is 0 Å². The smallest absolute Gasteiger partial charge is 0.279 e. The van der Waals surface area contributed by atoms with Crippen LogP contribution >= 0.6 is 0 Å². The van der Waals surface area contributed by atoms with E-state index in [0.717, 1.165) is 38.5 Å². The SMILES string of the molecule is CCCCN(C)S(=O)(=O)NCCCCCCO. The van der Waals surface area contributed by atoms with Crippen molar-refractivity contribution in [3.05, 3.63) is 0 Å². The summed E-state index contributed by atoms with van der Waals surface area (Å²) in [6.07, 6.45) is 5.38.